The Hall–Kier alpha value is -1.92. The van der Waals surface area contributed by atoms with Crippen LogP contribution in [0.15, 0.2) is 34.9 Å². The fourth-order valence-electron chi connectivity index (χ4n) is 1.78. The average Bonchev–Trinajstić information content (AvgIpc) is 2.42. The predicted molar refractivity (Wildman–Crippen MR) is 83.6 cm³/mol. The number of pyridine rings is 1. The molecule has 104 valence electrons. The largest absolute Gasteiger partial charge is 0.323 e. The van der Waals surface area contributed by atoms with Gasteiger partial charge in [-0.3, -0.25) is 15.6 Å². The molecular weight excluding hydrogens is 320 g/mol. The topological polar surface area (TPSA) is 80.0 Å². The fraction of sp³-hybridized carbons (Fsp3) is 0.143. The first-order valence-corrected chi connectivity index (χ1v) is 6.81. The summed E-state index contributed by atoms with van der Waals surface area (Å²) in [5.74, 6) is 5.18. The van der Waals surface area contributed by atoms with Crippen LogP contribution in [0.3, 0.4) is 0 Å². The number of hydrazine groups is 1. The number of aryl methyl sites for hydroxylation is 2. The normalized spacial score (nSPS) is 10.2. The number of hydrogen-bond acceptors (Lipinski definition) is 4. The summed E-state index contributed by atoms with van der Waals surface area (Å²) < 4.78 is 0.901. The number of nitrogens with zero attached hydrogens (tertiary/aromatic N) is 1. The van der Waals surface area contributed by atoms with E-state index in [1.807, 2.05) is 32.0 Å². The van der Waals surface area contributed by atoms with Crippen molar-refractivity contribution in [1.29, 1.82) is 0 Å². The van der Waals surface area contributed by atoms with Gasteiger partial charge in [0.2, 0.25) is 0 Å². The van der Waals surface area contributed by atoms with E-state index in [1.54, 1.807) is 6.07 Å². The molecule has 1 heterocycles. The highest BCUT2D eigenvalue weighted by Crippen LogP contribution is 2.22. The van der Waals surface area contributed by atoms with Crippen molar-refractivity contribution in [2.75, 3.05) is 10.7 Å². The fourth-order valence-corrected chi connectivity index (χ4v) is 2.14. The molecule has 0 spiro atoms. The summed E-state index contributed by atoms with van der Waals surface area (Å²) in [7, 11) is 0. The summed E-state index contributed by atoms with van der Waals surface area (Å²) >= 11 is 3.38. The zero-order valence-corrected chi connectivity index (χ0v) is 12.8. The van der Waals surface area contributed by atoms with Gasteiger partial charge in [-0.15, -0.1) is 0 Å². The average molecular weight is 335 g/mol. The lowest BCUT2D eigenvalue weighted by atomic mass is 10.1. The number of rotatable bonds is 3. The van der Waals surface area contributed by atoms with Gasteiger partial charge in [0.25, 0.3) is 5.91 Å². The molecule has 0 aliphatic heterocycles. The molecule has 4 N–H and O–H groups in total. The molecule has 2 aromatic rings. The van der Waals surface area contributed by atoms with Crippen molar-refractivity contribution in [3.05, 3.63) is 51.8 Å². The summed E-state index contributed by atoms with van der Waals surface area (Å²) in [4.78, 5) is 16.4. The van der Waals surface area contributed by atoms with Gasteiger partial charge in [-0.2, -0.15) is 0 Å². The molecule has 1 amide bonds. The Morgan fingerprint density at radius 1 is 1.25 bits per heavy atom. The second-order valence-electron chi connectivity index (χ2n) is 4.43. The summed E-state index contributed by atoms with van der Waals surface area (Å²) in [5.41, 5.74) is 5.97. The number of halogens is 1. The van der Waals surface area contributed by atoms with Gasteiger partial charge in [-0.1, -0.05) is 22.0 Å². The van der Waals surface area contributed by atoms with Crippen LogP contribution in [0.5, 0.6) is 0 Å². The number of benzene rings is 1. The molecule has 0 saturated carbocycles. The minimum Gasteiger partial charge on any atom is -0.323 e. The second-order valence-corrected chi connectivity index (χ2v) is 5.34. The summed E-state index contributed by atoms with van der Waals surface area (Å²) in [6.45, 7) is 3.76. The third-order valence-corrected chi connectivity index (χ3v) is 3.38. The molecule has 1 aromatic heterocycles. The lowest BCUT2D eigenvalue weighted by Crippen LogP contribution is -2.18. The van der Waals surface area contributed by atoms with Crippen LogP contribution in [0.4, 0.5) is 11.4 Å². The number of amides is 1. The van der Waals surface area contributed by atoms with Gasteiger partial charge in [0.05, 0.1) is 11.3 Å². The molecule has 0 bridgehead atoms. The Labute approximate surface area is 125 Å². The van der Waals surface area contributed by atoms with Crippen LogP contribution in [-0.2, 0) is 0 Å². The van der Waals surface area contributed by atoms with Gasteiger partial charge in [0.15, 0.2) is 0 Å². The number of nitrogens with two attached hydrogens (primary N) is 1. The van der Waals surface area contributed by atoms with Crippen molar-refractivity contribution in [2.45, 2.75) is 13.8 Å². The van der Waals surface area contributed by atoms with Gasteiger partial charge in [-0.05, 0) is 37.6 Å². The lowest BCUT2D eigenvalue weighted by Gasteiger charge is -2.12. The molecule has 0 fully saturated rings. The molecule has 1 aromatic carbocycles. The highest BCUT2D eigenvalue weighted by molar-refractivity contribution is 9.10. The number of carbonyl (C=O) groups excluding carboxylic acids is 1. The molecule has 0 radical (unpaired) electrons. The van der Waals surface area contributed by atoms with Crippen LogP contribution in [0, 0.1) is 13.8 Å². The van der Waals surface area contributed by atoms with Gasteiger partial charge in [0.1, 0.15) is 0 Å². The lowest BCUT2D eigenvalue weighted by molar-refractivity contribution is 0.102. The minimum atomic E-state index is -0.258. The minimum absolute atomic E-state index is 0.258. The van der Waals surface area contributed by atoms with E-state index >= 15 is 0 Å². The van der Waals surface area contributed by atoms with Crippen molar-refractivity contribution >= 4 is 33.2 Å². The SMILES string of the molecule is Cc1cc(NN)c(C(=O)Nc2cc(Br)ccc2C)cn1. The molecule has 2 rings (SSSR count). The van der Waals surface area contributed by atoms with Crippen molar-refractivity contribution in [1.82, 2.24) is 4.98 Å². The Morgan fingerprint density at radius 3 is 2.70 bits per heavy atom. The van der Waals surface area contributed by atoms with Crippen molar-refractivity contribution in [3.63, 3.8) is 0 Å². The third-order valence-electron chi connectivity index (χ3n) is 2.89. The second kappa shape index (κ2) is 6.02. The Morgan fingerprint density at radius 2 is 2.00 bits per heavy atom. The van der Waals surface area contributed by atoms with E-state index in [0.717, 1.165) is 21.4 Å². The van der Waals surface area contributed by atoms with Crippen LogP contribution in [0.2, 0.25) is 0 Å². The summed E-state index contributed by atoms with van der Waals surface area (Å²) in [6.07, 6.45) is 1.51. The van der Waals surface area contributed by atoms with Crippen molar-refractivity contribution in [3.8, 4) is 0 Å². The van der Waals surface area contributed by atoms with Crippen LogP contribution >= 0.6 is 15.9 Å². The molecule has 20 heavy (non-hydrogen) atoms. The highest BCUT2D eigenvalue weighted by Gasteiger charge is 2.13. The summed E-state index contributed by atoms with van der Waals surface area (Å²) in [6, 6.07) is 7.42. The van der Waals surface area contributed by atoms with Gasteiger partial charge >= 0.3 is 0 Å². The maximum absolute atomic E-state index is 12.3. The summed E-state index contributed by atoms with van der Waals surface area (Å²) in [5, 5.41) is 2.86. The molecule has 5 nitrogen and oxygen atoms in total. The van der Waals surface area contributed by atoms with Crippen molar-refractivity contribution < 1.29 is 4.79 Å². The zero-order chi connectivity index (χ0) is 14.7. The van der Waals surface area contributed by atoms with E-state index in [1.165, 1.54) is 6.20 Å². The number of aromatic nitrogens is 1. The van der Waals surface area contributed by atoms with Gasteiger partial charge < -0.3 is 10.7 Å². The van der Waals surface area contributed by atoms with Gasteiger partial charge in [-0.25, -0.2) is 0 Å². The Kier molecular flexibility index (Phi) is 4.36. The molecule has 0 atom stereocenters. The first-order valence-electron chi connectivity index (χ1n) is 6.02. The predicted octanol–water partition coefficient (Wildman–Crippen LogP) is 3.00. The van der Waals surface area contributed by atoms with Crippen molar-refractivity contribution in [2.24, 2.45) is 5.84 Å². The van der Waals surface area contributed by atoms with Crippen LogP contribution < -0.4 is 16.6 Å². The van der Waals surface area contributed by atoms with Crippen LogP contribution in [0.1, 0.15) is 21.6 Å². The highest BCUT2D eigenvalue weighted by atomic mass is 79.9. The molecule has 6 heteroatoms. The zero-order valence-electron chi connectivity index (χ0n) is 11.2. The van der Waals surface area contributed by atoms with E-state index in [2.05, 4.69) is 31.7 Å². The molecular formula is C14H15BrN4O. The maximum atomic E-state index is 12.3. The Bertz CT molecular complexity index is 658. The number of nitrogen functional groups attached to an aromatic ring is 1. The van der Waals surface area contributed by atoms with E-state index in [-0.39, 0.29) is 5.91 Å². The Balaban J connectivity index is 2.30. The third kappa shape index (κ3) is 3.15. The first-order chi connectivity index (χ1) is 9.51. The van der Waals surface area contributed by atoms with Gasteiger partial charge in [0, 0.05) is 22.1 Å². The smallest absolute Gasteiger partial charge is 0.259 e. The van der Waals surface area contributed by atoms with E-state index < -0.39 is 0 Å². The molecule has 0 unspecified atom stereocenters. The van der Waals surface area contributed by atoms with E-state index in [4.69, 9.17) is 5.84 Å². The molecule has 0 aliphatic rings. The van der Waals surface area contributed by atoms with E-state index in [0.29, 0.717) is 11.3 Å². The number of anilines is 2. The molecule has 0 saturated heterocycles. The van der Waals surface area contributed by atoms with E-state index in [9.17, 15) is 4.79 Å². The monoisotopic (exact) mass is 334 g/mol. The van der Waals surface area contributed by atoms with Crippen LogP contribution in [-0.4, -0.2) is 10.9 Å². The number of carbonyl (C=O) groups is 1. The van der Waals surface area contributed by atoms with Crippen LogP contribution in [0.25, 0.3) is 0 Å². The maximum Gasteiger partial charge on any atom is 0.259 e. The quantitative estimate of drug-likeness (QED) is 0.595. The standard InChI is InChI=1S/C14H15BrN4O/c1-8-3-4-10(15)6-12(8)18-14(20)11-7-17-9(2)5-13(11)19-16/h3-7H,16H2,1-2H3,(H,17,19)(H,18,20). The number of nitrogens with one attached hydrogen (secondary N) is 2. The number of hydrogen-bond donors (Lipinski definition) is 3. The first kappa shape index (κ1) is 14.5. The molecule has 0 aliphatic carbocycles.